The Bertz CT molecular complexity index is 1240. The molecule has 3 aromatic rings. The fourth-order valence-corrected chi connectivity index (χ4v) is 4.39. The molecule has 0 aliphatic carbocycles. The Labute approximate surface area is 189 Å². The molecule has 1 aliphatic heterocycles. The lowest BCUT2D eigenvalue weighted by atomic mass is 9.93. The van der Waals surface area contributed by atoms with Crippen LogP contribution in [-0.2, 0) is 12.7 Å². The fraction of sp³-hybridized carbons (Fsp3) is 0.360. The lowest BCUT2D eigenvalue weighted by Crippen LogP contribution is -2.34. The molecule has 0 saturated carbocycles. The van der Waals surface area contributed by atoms with E-state index in [-0.39, 0.29) is 23.7 Å². The highest BCUT2D eigenvalue weighted by molar-refractivity contribution is 5.82. The van der Waals surface area contributed by atoms with Gasteiger partial charge in [0.15, 0.2) is 0 Å². The molecule has 0 radical (unpaired) electrons. The van der Waals surface area contributed by atoms with E-state index in [0.29, 0.717) is 18.0 Å². The van der Waals surface area contributed by atoms with E-state index in [4.69, 9.17) is 11.2 Å². The normalized spacial score (nSPS) is 17.1. The number of alkyl halides is 3. The van der Waals surface area contributed by atoms with E-state index >= 15 is 0 Å². The molecule has 0 unspecified atom stereocenters. The number of ether oxygens (including phenoxy) is 1. The Morgan fingerprint density at radius 2 is 2.03 bits per heavy atom. The number of H-pyrrole nitrogens is 1. The molecule has 4 rings (SSSR count). The van der Waals surface area contributed by atoms with Crippen molar-refractivity contribution in [3.05, 3.63) is 69.3 Å². The lowest BCUT2D eigenvalue weighted by molar-refractivity contribution is -0.136. The first kappa shape index (κ1) is 22.9. The third kappa shape index (κ3) is 5.20. The Kier molecular flexibility index (Phi) is 6.43. The highest BCUT2D eigenvalue weighted by Crippen LogP contribution is 2.34. The molecular formula is C25H24F3N3O2. The molecule has 1 N–H and O–H groups in total. The molecule has 8 heteroatoms. The van der Waals surface area contributed by atoms with E-state index in [0.717, 1.165) is 37.6 Å². The minimum atomic E-state index is -4.62. The van der Waals surface area contributed by atoms with Crippen LogP contribution in [0.15, 0.2) is 41.2 Å². The Balaban J connectivity index is 1.55. The first-order valence-electron chi connectivity index (χ1n) is 10.7. The molecule has 5 nitrogen and oxygen atoms in total. The summed E-state index contributed by atoms with van der Waals surface area (Å²) in [6.45, 7) is 4.03. The van der Waals surface area contributed by atoms with Gasteiger partial charge in [0.25, 0.3) is 5.56 Å². The Morgan fingerprint density at radius 1 is 1.27 bits per heavy atom. The summed E-state index contributed by atoms with van der Waals surface area (Å²) in [5, 5.41) is -0.406. The number of terminal acetylenes is 1. The SMILES string of the molecule is C#CCOc1ccc(CN2CCC[C@H](c3cc4nc(C)cc(C(F)(F)F)c4c(=O)[nH]3)C2)cc1. The van der Waals surface area contributed by atoms with Crippen LogP contribution in [0, 0.1) is 19.3 Å². The van der Waals surface area contributed by atoms with Gasteiger partial charge < -0.3 is 9.72 Å². The van der Waals surface area contributed by atoms with Crippen LogP contribution in [0.1, 0.15) is 41.3 Å². The van der Waals surface area contributed by atoms with Gasteiger partial charge in [-0.1, -0.05) is 18.1 Å². The lowest BCUT2D eigenvalue weighted by Gasteiger charge is -2.32. The zero-order valence-electron chi connectivity index (χ0n) is 18.2. The van der Waals surface area contributed by atoms with Gasteiger partial charge in [0.1, 0.15) is 12.4 Å². The van der Waals surface area contributed by atoms with Crippen molar-refractivity contribution in [3.8, 4) is 18.1 Å². The monoisotopic (exact) mass is 455 g/mol. The minimum absolute atomic E-state index is 0.00531. The molecule has 1 aromatic carbocycles. The summed E-state index contributed by atoms with van der Waals surface area (Å²) in [4.78, 5) is 21.9. The molecule has 0 spiro atoms. The summed E-state index contributed by atoms with van der Waals surface area (Å²) in [5.41, 5.74) is 0.357. The molecule has 1 saturated heterocycles. The van der Waals surface area contributed by atoms with Crippen LogP contribution >= 0.6 is 0 Å². The molecule has 2 aromatic heterocycles. The summed E-state index contributed by atoms with van der Waals surface area (Å²) >= 11 is 0. The van der Waals surface area contributed by atoms with Crippen LogP contribution in [0.4, 0.5) is 13.2 Å². The van der Waals surface area contributed by atoms with Gasteiger partial charge >= 0.3 is 6.18 Å². The highest BCUT2D eigenvalue weighted by atomic mass is 19.4. The molecule has 0 bridgehead atoms. The molecule has 33 heavy (non-hydrogen) atoms. The first-order valence-corrected chi connectivity index (χ1v) is 10.7. The smallest absolute Gasteiger partial charge is 0.417 e. The Morgan fingerprint density at radius 3 is 2.73 bits per heavy atom. The molecule has 1 fully saturated rings. The molecule has 1 aliphatic rings. The van der Waals surface area contributed by atoms with Crippen LogP contribution in [-0.4, -0.2) is 34.6 Å². The van der Waals surface area contributed by atoms with Gasteiger partial charge in [0, 0.05) is 30.4 Å². The second-order valence-electron chi connectivity index (χ2n) is 8.33. The maximum absolute atomic E-state index is 13.5. The molecule has 0 amide bonds. The number of benzene rings is 1. The second-order valence-corrected chi connectivity index (χ2v) is 8.33. The number of aromatic amines is 1. The van der Waals surface area contributed by atoms with E-state index in [2.05, 4.69) is 20.8 Å². The predicted molar refractivity (Wildman–Crippen MR) is 120 cm³/mol. The van der Waals surface area contributed by atoms with Crippen molar-refractivity contribution in [3.63, 3.8) is 0 Å². The summed E-state index contributed by atoms with van der Waals surface area (Å²) in [6, 6.07) is 10.2. The summed E-state index contributed by atoms with van der Waals surface area (Å²) in [5.74, 6) is 3.15. The molecule has 1 atom stereocenters. The van der Waals surface area contributed by atoms with E-state index in [1.54, 1.807) is 6.07 Å². The van der Waals surface area contributed by atoms with E-state index < -0.39 is 22.7 Å². The number of fused-ring (bicyclic) bond motifs is 1. The van der Waals surface area contributed by atoms with Gasteiger partial charge in [-0.05, 0) is 56.1 Å². The van der Waals surface area contributed by atoms with Gasteiger partial charge in [0.05, 0.1) is 16.5 Å². The van der Waals surface area contributed by atoms with E-state index in [9.17, 15) is 18.0 Å². The predicted octanol–water partition coefficient (Wildman–Crippen LogP) is 4.64. The van der Waals surface area contributed by atoms with E-state index in [1.165, 1.54) is 6.92 Å². The van der Waals surface area contributed by atoms with Gasteiger partial charge in [-0.2, -0.15) is 13.2 Å². The number of nitrogens with zero attached hydrogens (tertiary/aromatic N) is 2. The molecular weight excluding hydrogens is 431 g/mol. The zero-order chi connectivity index (χ0) is 23.6. The van der Waals surface area contributed by atoms with Crippen molar-refractivity contribution < 1.29 is 17.9 Å². The van der Waals surface area contributed by atoms with Gasteiger partial charge in [0.2, 0.25) is 0 Å². The van der Waals surface area contributed by atoms with Crippen LogP contribution in [0.3, 0.4) is 0 Å². The quantitative estimate of drug-likeness (QED) is 0.570. The van der Waals surface area contributed by atoms with Crippen molar-refractivity contribution in [1.82, 2.24) is 14.9 Å². The number of hydrogen-bond donors (Lipinski definition) is 1. The minimum Gasteiger partial charge on any atom is -0.481 e. The number of rotatable bonds is 5. The largest absolute Gasteiger partial charge is 0.481 e. The van der Waals surface area contributed by atoms with Gasteiger partial charge in [-0.3, -0.25) is 14.7 Å². The number of piperidine rings is 1. The Hall–Kier alpha value is -3.31. The average Bonchev–Trinajstić information content (AvgIpc) is 2.77. The standard InChI is InChI=1S/C25H24F3N3O2/c1-3-11-33-19-8-6-17(7-9-19)14-31-10-4-5-18(15-31)21-13-22-23(24(32)30-21)20(25(26,27)28)12-16(2)29-22/h1,6-9,12-13,18H,4-5,10-11,14-15H2,2H3,(H,30,32)/t18-/m0/s1. The number of pyridine rings is 2. The van der Waals surface area contributed by atoms with Crippen molar-refractivity contribution in [2.75, 3.05) is 19.7 Å². The van der Waals surface area contributed by atoms with Crippen molar-refractivity contribution in [1.29, 1.82) is 0 Å². The highest BCUT2D eigenvalue weighted by Gasteiger charge is 2.35. The van der Waals surface area contributed by atoms with Crippen LogP contribution in [0.5, 0.6) is 5.75 Å². The third-order valence-corrected chi connectivity index (χ3v) is 5.86. The maximum Gasteiger partial charge on any atom is 0.417 e. The summed E-state index contributed by atoms with van der Waals surface area (Å²) in [6.07, 6.45) is 2.35. The van der Waals surface area contributed by atoms with Crippen molar-refractivity contribution in [2.45, 2.75) is 38.4 Å². The second kappa shape index (κ2) is 9.28. The van der Waals surface area contributed by atoms with Crippen molar-refractivity contribution >= 4 is 10.9 Å². The number of aryl methyl sites for hydroxylation is 1. The maximum atomic E-state index is 13.5. The molecule has 172 valence electrons. The van der Waals surface area contributed by atoms with Gasteiger partial charge in [-0.15, -0.1) is 6.42 Å². The number of nitrogens with one attached hydrogen (secondary N) is 1. The number of hydrogen-bond acceptors (Lipinski definition) is 4. The first-order chi connectivity index (χ1) is 15.7. The number of aromatic nitrogens is 2. The van der Waals surface area contributed by atoms with Crippen LogP contribution in [0.2, 0.25) is 0 Å². The fourth-order valence-electron chi connectivity index (χ4n) is 4.39. The molecule has 3 heterocycles. The third-order valence-electron chi connectivity index (χ3n) is 5.86. The average molecular weight is 455 g/mol. The number of halogens is 3. The number of likely N-dealkylation sites (tertiary alicyclic amines) is 1. The van der Waals surface area contributed by atoms with Crippen molar-refractivity contribution in [2.24, 2.45) is 0 Å². The zero-order valence-corrected chi connectivity index (χ0v) is 18.2. The van der Waals surface area contributed by atoms with Gasteiger partial charge in [-0.25, -0.2) is 0 Å². The summed E-state index contributed by atoms with van der Waals surface area (Å²) < 4.78 is 45.8. The van der Waals surface area contributed by atoms with Crippen LogP contribution < -0.4 is 10.3 Å². The summed E-state index contributed by atoms with van der Waals surface area (Å²) in [7, 11) is 0. The topological polar surface area (TPSA) is 58.2 Å². The van der Waals surface area contributed by atoms with Crippen LogP contribution in [0.25, 0.3) is 10.9 Å². The van der Waals surface area contributed by atoms with E-state index in [1.807, 2.05) is 24.3 Å².